The van der Waals surface area contributed by atoms with Crippen LogP contribution in [0.25, 0.3) is 0 Å². The standard InChI is InChI=1S/C16H18O2/c1-2-16(17)14-8-10-15(11-9-14)18-12-13-6-4-3-5-7-13/h3-11,16-17H,2,12H2,1H3/t16-/m0/s1. The lowest BCUT2D eigenvalue weighted by Crippen LogP contribution is -1.97. The van der Waals surface area contributed by atoms with Gasteiger partial charge >= 0.3 is 0 Å². The molecule has 2 aromatic rings. The number of ether oxygens (including phenoxy) is 1. The lowest BCUT2D eigenvalue weighted by atomic mass is 10.1. The summed E-state index contributed by atoms with van der Waals surface area (Å²) < 4.78 is 5.68. The number of aliphatic hydroxyl groups excluding tert-OH is 1. The van der Waals surface area contributed by atoms with Gasteiger partial charge in [-0.05, 0) is 29.7 Å². The Morgan fingerprint density at radius 3 is 2.28 bits per heavy atom. The summed E-state index contributed by atoms with van der Waals surface area (Å²) in [5.41, 5.74) is 2.08. The second kappa shape index (κ2) is 6.22. The summed E-state index contributed by atoms with van der Waals surface area (Å²) in [5, 5.41) is 9.69. The van der Waals surface area contributed by atoms with Crippen LogP contribution in [-0.2, 0) is 6.61 Å². The molecule has 0 aliphatic rings. The van der Waals surface area contributed by atoms with Crippen molar-refractivity contribution in [1.29, 1.82) is 0 Å². The third-order valence-corrected chi connectivity index (χ3v) is 2.90. The first kappa shape index (κ1) is 12.7. The summed E-state index contributed by atoms with van der Waals surface area (Å²) in [6.45, 7) is 2.53. The Morgan fingerprint density at radius 1 is 1.00 bits per heavy atom. The van der Waals surface area contributed by atoms with Crippen molar-refractivity contribution in [2.24, 2.45) is 0 Å². The Morgan fingerprint density at radius 2 is 1.67 bits per heavy atom. The maximum atomic E-state index is 9.69. The predicted molar refractivity (Wildman–Crippen MR) is 72.5 cm³/mol. The molecule has 0 radical (unpaired) electrons. The van der Waals surface area contributed by atoms with Gasteiger partial charge < -0.3 is 9.84 Å². The fourth-order valence-corrected chi connectivity index (χ4v) is 1.76. The predicted octanol–water partition coefficient (Wildman–Crippen LogP) is 3.71. The third-order valence-electron chi connectivity index (χ3n) is 2.90. The van der Waals surface area contributed by atoms with Crippen LogP contribution in [0.4, 0.5) is 0 Å². The minimum absolute atomic E-state index is 0.381. The average Bonchev–Trinajstić information content (AvgIpc) is 2.46. The molecule has 0 aromatic heterocycles. The number of rotatable bonds is 5. The second-order valence-corrected chi connectivity index (χ2v) is 4.27. The molecule has 0 aliphatic carbocycles. The molecule has 1 N–H and O–H groups in total. The van der Waals surface area contributed by atoms with Gasteiger partial charge in [-0.2, -0.15) is 0 Å². The van der Waals surface area contributed by atoms with Crippen LogP contribution in [0.2, 0.25) is 0 Å². The normalized spacial score (nSPS) is 12.1. The van der Waals surface area contributed by atoms with Crippen molar-refractivity contribution in [3.63, 3.8) is 0 Å². The first-order valence-corrected chi connectivity index (χ1v) is 6.24. The van der Waals surface area contributed by atoms with Gasteiger partial charge in [0.2, 0.25) is 0 Å². The molecule has 0 unspecified atom stereocenters. The quantitative estimate of drug-likeness (QED) is 0.866. The van der Waals surface area contributed by atoms with Crippen LogP contribution in [0, 0.1) is 0 Å². The molecule has 0 bridgehead atoms. The van der Waals surface area contributed by atoms with E-state index in [1.165, 1.54) is 0 Å². The first-order valence-electron chi connectivity index (χ1n) is 6.24. The van der Waals surface area contributed by atoms with Gasteiger partial charge in [0.25, 0.3) is 0 Å². The maximum Gasteiger partial charge on any atom is 0.119 e. The van der Waals surface area contributed by atoms with Crippen LogP contribution >= 0.6 is 0 Å². The lowest BCUT2D eigenvalue weighted by molar-refractivity contribution is 0.173. The Labute approximate surface area is 108 Å². The molecular formula is C16H18O2. The maximum absolute atomic E-state index is 9.69. The second-order valence-electron chi connectivity index (χ2n) is 4.27. The SMILES string of the molecule is CC[C@H](O)c1ccc(OCc2ccccc2)cc1. The summed E-state index contributed by atoms with van der Waals surface area (Å²) in [6.07, 6.45) is 0.345. The smallest absolute Gasteiger partial charge is 0.119 e. The number of hydrogen-bond donors (Lipinski definition) is 1. The molecule has 0 fully saturated rings. The van der Waals surface area contributed by atoms with E-state index in [-0.39, 0.29) is 6.10 Å². The van der Waals surface area contributed by atoms with Crippen molar-refractivity contribution in [3.05, 3.63) is 65.7 Å². The number of benzene rings is 2. The van der Waals surface area contributed by atoms with Gasteiger partial charge in [-0.1, -0.05) is 49.4 Å². The number of hydrogen-bond acceptors (Lipinski definition) is 2. The summed E-state index contributed by atoms with van der Waals surface area (Å²) in [5.74, 6) is 0.825. The first-order chi connectivity index (χ1) is 8.79. The minimum Gasteiger partial charge on any atom is -0.489 e. The molecular weight excluding hydrogens is 224 g/mol. The molecule has 0 amide bonds. The molecule has 2 aromatic carbocycles. The fraction of sp³-hybridized carbons (Fsp3) is 0.250. The molecule has 0 heterocycles. The van der Waals surface area contributed by atoms with Gasteiger partial charge in [0.05, 0.1) is 6.10 Å². The van der Waals surface area contributed by atoms with Crippen molar-refractivity contribution in [2.45, 2.75) is 26.1 Å². The highest BCUT2D eigenvalue weighted by Crippen LogP contribution is 2.20. The minimum atomic E-state index is -0.381. The van der Waals surface area contributed by atoms with E-state index in [9.17, 15) is 5.11 Å². The Hall–Kier alpha value is -1.80. The summed E-state index contributed by atoms with van der Waals surface area (Å²) >= 11 is 0. The van der Waals surface area contributed by atoms with Gasteiger partial charge in [0, 0.05) is 0 Å². The molecule has 18 heavy (non-hydrogen) atoms. The molecule has 2 heteroatoms. The van der Waals surface area contributed by atoms with Gasteiger partial charge in [0.15, 0.2) is 0 Å². The lowest BCUT2D eigenvalue weighted by Gasteiger charge is -2.10. The highest BCUT2D eigenvalue weighted by Gasteiger charge is 2.04. The van der Waals surface area contributed by atoms with Crippen molar-refractivity contribution < 1.29 is 9.84 Å². The van der Waals surface area contributed by atoms with E-state index in [2.05, 4.69) is 0 Å². The zero-order valence-electron chi connectivity index (χ0n) is 10.5. The molecule has 0 saturated heterocycles. The molecule has 2 rings (SSSR count). The van der Waals surface area contributed by atoms with Crippen LogP contribution in [0.1, 0.15) is 30.6 Å². The van der Waals surface area contributed by atoms with Crippen LogP contribution in [0.15, 0.2) is 54.6 Å². The number of aliphatic hydroxyl groups is 1. The Balaban J connectivity index is 1.94. The van der Waals surface area contributed by atoms with E-state index in [0.717, 1.165) is 23.3 Å². The van der Waals surface area contributed by atoms with E-state index in [0.29, 0.717) is 6.61 Å². The average molecular weight is 242 g/mol. The Bertz CT molecular complexity index is 462. The van der Waals surface area contributed by atoms with Gasteiger partial charge in [-0.3, -0.25) is 0 Å². The topological polar surface area (TPSA) is 29.5 Å². The monoisotopic (exact) mass is 242 g/mol. The zero-order valence-corrected chi connectivity index (χ0v) is 10.5. The van der Waals surface area contributed by atoms with Crippen molar-refractivity contribution >= 4 is 0 Å². The summed E-state index contributed by atoms with van der Waals surface area (Å²) in [6, 6.07) is 17.7. The van der Waals surface area contributed by atoms with E-state index in [1.54, 1.807) is 0 Å². The molecule has 0 saturated carbocycles. The van der Waals surface area contributed by atoms with Crippen molar-refractivity contribution in [3.8, 4) is 5.75 Å². The highest BCUT2D eigenvalue weighted by molar-refractivity contribution is 5.28. The summed E-state index contributed by atoms with van der Waals surface area (Å²) in [7, 11) is 0. The van der Waals surface area contributed by atoms with E-state index >= 15 is 0 Å². The van der Waals surface area contributed by atoms with Crippen LogP contribution < -0.4 is 4.74 Å². The van der Waals surface area contributed by atoms with Gasteiger partial charge in [0.1, 0.15) is 12.4 Å². The van der Waals surface area contributed by atoms with Crippen LogP contribution in [0.5, 0.6) is 5.75 Å². The molecule has 1 atom stereocenters. The van der Waals surface area contributed by atoms with E-state index in [1.807, 2.05) is 61.5 Å². The van der Waals surface area contributed by atoms with E-state index < -0.39 is 0 Å². The van der Waals surface area contributed by atoms with Crippen molar-refractivity contribution in [2.75, 3.05) is 0 Å². The molecule has 94 valence electrons. The highest BCUT2D eigenvalue weighted by atomic mass is 16.5. The fourth-order valence-electron chi connectivity index (χ4n) is 1.76. The van der Waals surface area contributed by atoms with E-state index in [4.69, 9.17) is 4.74 Å². The largest absolute Gasteiger partial charge is 0.489 e. The van der Waals surface area contributed by atoms with Gasteiger partial charge in [-0.25, -0.2) is 0 Å². The van der Waals surface area contributed by atoms with Gasteiger partial charge in [-0.15, -0.1) is 0 Å². The zero-order chi connectivity index (χ0) is 12.8. The van der Waals surface area contributed by atoms with Crippen LogP contribution in [0.3, 0.4) is 0 Å². The third kappa shape index (κ3) is 3.34. The summed E-state index contributed by atoms with van der Waals surface area (Å²) in [4.78, 5) is 0. The molecule has 0 aliphatic heterocycles. The Kier molecular flexibility index (Phi) is 4.37. The van der Waals surface area contributed by atoms with Crippen LogP contribution in [-0.4, -0.2) is 5.11 Å². The molecule has 0 spiro atoms. The van der Waals surface area contributed by atoms with Crippen molar-refractivity contribution in [1.82, 2.24) is 0 Å². The molecule has 2 nitrogen and oxygen atoms in total.